The summed E-state index contributed by atoms with van der Waals surface area (Å²) in [5.74, 6) is 1.11. The van der Waals surface area contributed by atoms with Crippen LogP contribution in [0.1, 0.15) is 63.9 Å². The summed E-state index contributed by atoms with van der Waals surface area (Å²) in [5, 5.41) is 7.73. The second kappa shape index (κ2) is 10.2. The molecule has 3 aromatic rings. The maximum absolute atomic E-state index is 15.4. The molecule has 6 heteroatoms. The Hall–Kier alpha value is -3.15. The molecule has 3 rings (SSSR count). The molecular formula is C27H35FN4O. The summed E-state index contributed by atoms with van der Waals surface area (Å²) < 4.78 is 18.1. The Morgan fingerprint density at radius 1 is 1.12 bits per heavy atom. The normalized spacial score (nSPS) is 12.4. The Bertz CT molecular complexity index is 1170. The molecule has 0 spiro atoms. The van der Waals surface area contributed by atoms with Crippen LogP contribution in [0.25, 0.3) is 11.4 Å². The Morgan fingerprint density at radius 3 is 2.36 bits per heavy atom. The number of anilines is 1. The number of halogens is 1. The zero-order valence-corrected chi connectivity index (χ0v) is 20.5. The Labute approximate surface area is 196 Å². The van der Waals surface area contributed by atoms with E-state index < -0.39 is 5.82 Å². The molecule has 176 valence electrons. The van der Waals surface area contributed by atoms with Crippen molar-refractivity contribution in [2.45, 2.75) is 53.4 Å². The third-order valence-electron chi connectivity index (χ3n) is 5.77. The predicted octanol–water partition coefficient (Wildman–Crippen LogP) is 6.14. The van der Waals surface area contributed by atoms with Crippen molar-refractivity contribution in [2.75, 3.05) is 5.32 Å². The first-order valence-corrected chi connectivity index (χ1v) is 11.6. The van der Waals surface area contributed by atoms with E-state index in [0.717, 1.165) is 24.1 Å². The van der Waals surface area contributed by atoms with E-state index in [1.54, 1.807) is 13.1 Å². The van der Waals surface area contributed by atoms with Gasteiger partial charge in [-0.25, -0.2) is 9.18 Å². The second-order valence-electron chi connectivity index (χ2n) is 9.64. The molecule has 0 radical (unpaired) electrons. The molecule has 0 aliphatic rings. The Kier molecular flexibility index (Phi) is 7.57. The molecule has 0 aliphatic heterocycles. The summed E-state index contributed by atoms with van der Waals surface area (Å²) in [6, 6.07) is 12.9. The number of rotatable bonds is 9. The van der Waals surface area contributed by atoms with Crippen molar-refractivity contribution in [3.8, 4) is 5.69 Å². The summed E-state index contributed by atoms with van der Waals surface area (Å²) in [4.78, 5) is 12.9. The molecule has 5 nitrogen and oxygen atoms in total. The average Bonchev–Trinajstić information content (AvgIpc) is 3.04. The lowest BCUT2D eigenvalue weighted by Gasteiger charge is -2.20. The molecule has 1 N–H and O–H groups in total. The van der Waals surface area contributed by atoms with Crippen LogP contribution in [-0.2, 0) is 13.5 Å². The lowest BCUT2D eigenvalue weighted by atomic mass is 9.89. The van der Waals surface area contributed by atoms with Crippen molar-refractivity contribution < 1.29 is 4.39 Å². The van der Waals surface area contributed by atoms with E-state index in [1.165, 1.54) is 15.3 Å². The average molecular weight is 451 g/mol. The largest absolute Gasteiger partial charge is 0.356 e. The van der Waals surface area contributed by atoms with Crippen LogP contribution >= 0.6 is 0 Å². The van der Waals surface area contributed by atoms with Gasteiger partial charge >= 0.3 is 5.69 Å². The summed E-state index contributed by atoms with van der Waals surface area (Å²) in [7, 11) is 1.67. The van der Waals surface area contributed by atoms with Crippen molar-refractivity contribution >= 4 is 11.4 Å². The number of hydrogen-bond donors (Lipinski definition) is 1. The molecular weight excluding hydrogens is 415 g/mol. The van der Waals surface area contributed by atoms with Gasteiger partial charge in [0.1, 0.15) is 17.3 Å². The summed E-state index contributed by atoms with van der Waals surface area (Å²) in [6.07, 6.45) is 1.79. The van der Waals surface area contributed by atoms with Crippen molar-refractivity contribution in [3.63, 3.8) is 0 Å². The van der Waals surface area contributed by atoms with Gasteiger partial charge in [-0.05, 0) is 54.5 Å². The first-order valence-electron chi connectivity index (χ1n) is 11.6. The molecule has 1 atom stereocenters. The van der Waals surface area contributed by atoms with Gasteiger partial charge in [0.25, 0.3) is 0 Å². The number of nitrogens with one attached hydrogen (secondary N) is 1. The van der Waals surface area contributed by atoms with Gasteiger partial charge in [0.05, 0.1) is 0 Å². The van der Waals surface area contributed by atoms with Crippen LogP contribution in [0.5, 0.6) is 0 Å². The molecule has 0 aliphatic carbocycles. The zero-order valence-electron chi connectivity index (χ0n) is 20.5. The van der Waals surface area contributed by atoms with E-state index in [0.29, 0.717) is 28.9 Å². The summed E-state index contributed by atoms with van der Waals surface area (Å²) in [5.41, 5.74) is 2.98. The molecule has 0 saturated carbocycles. The molecule has 1 unspecified atom stereocenters. The van der Waals surface area contributed by atoms with Crippen LogP contribution in [0.15, 0.2) is 53.8 Å². The highest BCUT2D eigenvalue weighted by atomic mass is 19.1. The van der Waals surface area contributed by atoms with Crippen LogP contribution in [0.2, 0.25) is 0 Å². The summed E-state index contributed by atoms with van der Waals surface area (Å²) >= 11 is 0. The van der Waals surface area contributed by atoms with E-state index in [4.69, 9.17) is 0 Å². The Balaban J connectivity index is 2.09. The lowest BCUT2D eigenvalue weighted by molar-refractivity contribution is 0.436. The number of para-hydroxylation sites is 1. The molecule has 33 heavy (non-hydrogen) atoms. The van der Waals surface area contributed by atoms with Gasteiger partial charge in [0, 0.05) is 29.9 Å². The topological polar surface area (TPSA) is 51.9 Å². The maximum atomic E-state index is 15.4. The van der Waals surface area contributed by atoms with E-state index in [-0.39, 0.29) is 17.3 Å². The number of benzene rings is 2. The van der Waals surface area contributed by atoms with Crippen molar-refractivity contribution in [3.05, 3.63) is 82.3 Å². The van der Waals surface area contributed by atoms with Gasteiger partial charge < -0.3 is 5.32 Å². The molecule has 0 saturated heterocycles. The fourth-order valence-corrected chi connectivity index (χ4v) is 4.36. The van der Waals surface area contributed by atoms with Crippen molar-refractivity contribution in [2.24, 2.45) is 18.9 Å². The van der Waals surface area contributed by atoms with Gasteiger partial charge in [-0.1, -0.05) is 59.4 Å². The van der Waals surface area contributed by atoms with E-state index in [1.807, 2.05) is 44.2 Å². The molecule has 2 aromatic carbocycles. The molecule has 0 fully saturated rings. The lowest BCUT2D eigenvalue weighted by Crippen LogP contribution is -2.23. The van der Waals surface area contributed by atoms with Gasteiger partial charge in [0.2, 0.25) is 0 Å². The van der Waals surface area contributed by atoms with Gasteiger partial charge in [-0.3, -0.25) is 4.57 Å². The van der Waals surface area contributed by atoms with Crippen LogP contribution in [0, 0.1) is 17.7 Å². The standard InChI is InChI=1S/C27H35FN4O/c1-17(2)13-19(5)14-21-15-25(32-27(33)31(7)26(30-32)18(3)4)24(28)16-23(21)20(6)29-22-11-9-8-10-12-22/h8-12,15-19,29H,6,13-14H2,1-5,7H3. The second-order valence-corrected chi connectivity index (χ2v) is 9.64. The SMILES string of the molecule is C=C(Nc1ccccc1)c1cc(F)c(-n2nc(C(C)C)n(C)c2=O)cc1CC(C)CC(C)C. The smallest absolute Gasteiger partial charge is 0.350 e. The monoisotopic (exact) mass is 450 g/mol. The van der Waals surface area contributed by atoms with Gasteiger partial charge in [-0.2, -0.15) is 4.68 Å². The predicted molar refractivity (Wildman–Crippen MR) is 134 cm³/mol. The minimum atomic E-state index is -0.503. The van der Waals surface area contributed by atoms with Crippen LogP contribution in [0.3, 0.4) is 0 Å². The van der Waals surface area contributed by atoms with Crippen molar-refractivity contribution in [1.29, 1.82) is 0 Å². The number of aromatic nitrogens is 3. The maximum Gasteiger partial charge on any atom is 0.350 e. The van der Waals surface area contributed by atoms with Gasteiger partial charge in [-0.15, -0.1) is 5.10 Å². The quantitative estimate of drug-likeness (QED) is 0.426. The van der Waals surface area contributed by atoms with E-state index in [2.05, 4.69) is 37.8 Å². The Morgan fingerprint density at radius 2 is 1.79 bits per heavy atom. The molecule has 0 amide bonds. The highest BCUT2D eigenvalue weighted by Crippen LogP contribution is 2.29. The fourth-order valence-electron chi connectivity index (χ4n) is 4.36. The molecule has 0 bridgehead atoms. The minimum absolute atomic E-state index is 0.0478. The van der Waals surface area contributed by atoms with E-state index >= 15 is 4.39 Å². The van der Waals surface area contributed by atoms with Crippen LogP contribution in [0.4, 0.5) is 10.1 Å². The van der Waals surface area contributed by atoms with Crippen LogP contribution < -0.4 is 11.0 Å². The first-order chi connectivity index (χ1) is 15.6. The van der Waals surface area contributed by atoms with Crippen LogP contribution in [-0.4, -0.2) is 14.3 Å². The number of nitrogens with zero attached hydrogens (tertiary/aromatic N) is 3. The molecule has 1 aromatic heterocycles. The summed E-state index contributed by atoms with van der Waals surface area (Å²) in [6.45, 7) is 14.7. The zero-order chi connectivity index (χ0) is 24.3. The third-order valence-corrected chi connectivity index (χ3v) is 5.77. The highest BCUT2D eigenvalue weighted by molar-refractivity contribution is 5.77. The minimum Gasteiger partial charge on any atom is -0.356 e. The third kappa shape index (κ3) is 5.62. The first kappa shape index (κ1) is 24.5. The number of hydrogen-bond acceptors (Lipinski definition) is 3. The fraction of sp³-hybridized carbons (Fsp3) is 0.407. The van der Waals surface area contributed by atoms with E-state index in [9.17, 15) is 4.79 Å². The van der Waals surface area contributed by atoms with Crippen molar-refractivity contribution in [1.82, 2.24) is 14.3 Å². The highest BCUT2D eigenvalue weighted by Gasteiger charge is 2.21. The molecule has 1 heterocycles. The van der Waals surface area contributed by atoms with Gasteiger partial charge in [0.15, 0.2) is 0 Å².